The zero-order chi connectivity index (χ0) is 12.7. The van der Waals surface area contributed by atoms with E-state index in [1.807, 2.05) is 6.92 Å². The number of hydrogen-bond acceptors (Lipinski definition) is 3. The van der Waals surface area contributed by atoms with Gasteiger partial charge in [-0.2, -0.15) is 0 Å². The minimum absolute atomic E-state index is 0.0127. The van der Waals surface area contributed by atoms with Crippen molar-refractivity contribution in [1.82, 2.24) is 5.32 Å². The zero-order valence-corrected chi connectivity index (χ0v) is 12.1. The van der Waals surface area contributed by atoms with Crippen molar-refractivity contribution in [2.75, 3.05) is 0 Å². The molecule has 0 aromatic rings. The van der Waals surface area contributed by atoms with Gasteiger partial charge in [0.1, 0.15) is 0 Å². The molecule has 0 bridgehead atoms. The first-order valence-electron chi connectivity index (χ1n) is 5.80. The topological polar surface area (TPSA) is 64.3 Å². The van der Waals surface area contributed by atoms with Gasteiger partial charge in [-0.05, 0) is 25.1 Å². The van der Waals surface area contributed by atoms with Crippen molar-refractivity contribution in [3.63, 3.8) is 0 Å². The van der Waals surface area contributed by atoms with E-state index in [-0.39, 0.29) is 29.1 Å². The lowest BCUT2D eigenvalue weighted by Gasteiger charge is -2.44. The van der Waals surface area contributed by atoms with Crippen molar-refractivity contribution in [2.45, 2.75) is 58.1 Å². The van der Waals surface area contributed by atoms with Crippen LogP contribution in [0.2, 0.25) is 18.1 Å². The summed E-state index contributed by atoms with van der Waals surface area (Å²) < 4.78 is 6.15. The molecule has 0 radical (unpaired) electrons. The van der Waals surface area contributed by atoms with Crippen LogP contribution in [0.4, 0.5) is 0 Å². The normalized spacial score (nSPS) is 28.3. The highest BCUT2D eigenvalue weighted by Gasteiger charge is 2.46. The first-order chi connectivity index (χ1) is 7.06. The average molecular weight is 244 g/mol. The van der Waals surface area contributed by atoms with E-state index in [2.05, 4.69) is 39.2 Å². The van der Waals surface area contributed by atoms with Crippen molar-refractivity contribution >= 4 is 14.2 Å². The Bertz CT molecular complexity index is 286. The lowest BCUT2D eigenvalue weighted by atomic mass is 9.92. The van der Waals surface area contributed by atoms with E-state index in [9.17, 15) is 4.79 Å². The van der Waals surface area contributed by atoms with Crippen LogP contribution in [-0.2, 0) is 9.22 Å². The summed E-state index contributed by atoms with van der Waals surface area (Å²) in [5, 5.41) is 2.79. The summed E-state index contributed by atoms with van der Waals surface area (Å²) in [4.78, 5) is 11.4. The van der Waals surface area contributed by atoms with E-state index in [1.165, 1.54) is 0 Å². The quantitative estimate of drug-likeness (QED) is 0.583. The van der Waals surface area contributed by atoms with Crippen LogP contribution in [0.3, 0.4) is 0 Å². The second-order valence-electron chi connectivity index (χ2n) is 6.14. The van der Waals surface area contributed by atoms with Gasteiger partial charge >= 0.3 is 0 Å². The summed E-state index contributed by atoms with van der Waals surface area (Å²) in [6, 6.07) is 0. The first kappa shape index (κ1) is 13.7. The molecule has 1 heterocycles. The van der Waals surface area contributed by atoms with Crippen LogP contribution in [0.25, 0.3) is 0 Å². The number of nitrogens with one attached hydrogen (secondary N) is 1. The van der Waals surface area contributed by atoms with Crippen LogP contribution in [0.1, 0.15) is 27.7 Å². The Hall–Kier alpha value is -0.393. The third kappa shape index (κ3) is 2.47. The highest BCUT2D eigenvalue weighted by Crippen LogP contribution is 2.38. The minimum Gasteiger partial charge on any atom is -0.413 e. The number of rotatable bonds is 3. The molecule has 1 aliphatic rings. The highest BCUT2D eigenvalue weighted by atomic mass is 28.4. The van der Waals surface area contributed by atoms with Crippen molar-refractivity contribution in [1.29, 1.82) is 0 Å². The second-order valence-corrected chi connectivity index (χ2v) is 10.9. The molecule has 0 spiro atoms. The molecular formula is C11H24N2O2Si. The summed E-state index contributed by atoms with van der Waals surface area (Å²) >= 11 is 0. The SMILES string of the molecule is C[C@@H](O[Si](C)(C)C(C)(C)C)[C@H]1C(=O)N[C@@H]1N. The molecule has 1 amide bonds. The molecule has 16 heavy (non-hydrogen) atoms. The Balaban J connectivity index is 2.64. The lowest BCUT2D eigenvalue weighted by molar-refractivity contribution is -0.139. The fourth-order valence-electron chi connectivity index (χ4n) is 1.64. The van der Waals surface area contributed by atoms with Crippen LogP contribution in [0.5, 0.6) is 0 Å². The highest BCUT2D eigenvalue weighted by molar-refractivity contribution is 6.74. The van der Waals surface area contributed by atoms with Crippen molar-refractivity contribution < 1.29 is 9.22 Å². The van der Waals surface area contributed by atoms with E-state index in [1.54, 1.807) is 0 Å². The molecule has 3 atom stereocenters. The summed E-state index contributed by atoms with van der Waals surface area (Å²) in [6.07, 6.45) is -0.336. The smallest absolute Gasteiger partial charge is 0.230 e. The minimum atomic E-state index is -1.81. The van der Waals surface area contributed by atoms with Crippen LogP contribution < -0.4 is 11.1 Å². The van der Waals surface area contributed by atoms with Crippen LogP contribution in [0.15, 0.2) is 0 Å². The van der Waals surface area contributed by atoms with E-state index in [0.717, 1.165) is 0 Å². The van der Waals surface area contributed by atoms with Crippen molar-refractivity contribution in [3.05, 3.63) is 0 Å². The molecular weight excluding hydrogens is 220 g/mol. The third-order valence-corrected chi connectivity index (χ3v) is 8.36. The zero-order valence-electron chi connectivity index (χ0n) is 11.1. The van der Waals surface area contributed by atoms with Gasteiger partial charge in [0.15, 0.2) is 8.32 Å². The molecule has 0 saturated carbocycles. The molecule has 1 rings (SSSR count). The molecule has 0 aromatic carbocycles. The molecule has 0 aromatic heterocycles. The van der Waals surface area contributed by atoms with E-state index >= 15 is 0 Å². The molecule has 1 aliphatic heterocycles. The maximum absolute atomic E-state index is 11.4. The Morgan fingerprint density at radius 1 is 1.44 bits per heavy atom. The number of carbonyl (C=O) groups excluding carboxylic acids is 1. The summed E-state index contributed by atoms with van der Waals surface area (Å²) in [5.41, 5.74) is 5.75. The Kier molecular flexibility index (Phi) is 3.52. The van der Waals surface area contributed by atoms with Gasteiger partial charge in [-0.1, -0.05) is 20.8 Å². The average Bonchev–Trinajstić information content (AvgIpc) is 1.99. The van der Waals surface area contributed by atoms with Crippen LogP contribution >= 0.6 is 0 Å². The molecule has 3 N–H and O–H groups in total. The number of hydrogen-bond donors (Lipinski definition) is 2. The second kappa shape index (κ2) is 4.12. The predicted molar refractivity (Wildman–Crippen MR) is 67.4 cm³/mol. The van der Waals surface area contributed by atoms with Gasteiger partial charge in [0.2, 0.25) is 5.91 Å². The van der Waals surface area contributed by atoms with E-state index in [0.29, 0.717) is 0 Å². The monoisotopic (exact) mass is 244 g/mol. The van der Waals surface area contributed by atoms with Gasteiger partial charge in [0, 0.05) is 0 Å². The predicted octanol–water partition coefficient (Wildman–Crippen LogP) is 1.43. The molecule has 0 unspecified atom stereocenters. The number of amides is 1. The summed E-state index contributed by atoms with van der Waals surface area (Å²) in [5.74, 6) is -0.173. The third-order valence-electron chi connectivity index (χ3n) is 3.79. The molecule has 94 valence electrons. The largest absolute Gasteiger partial charge is 0.413 e. The molecule has 0 aliphatic carbocycles. The van der Waals surface area contributed by atoms with Crippen LogP contribution in [0, 0.1) is 5.92 Å². The van der Waals surface area contributed by atoms with Gasteiger partial charge in [-0.15, -0.1) is 0 Å². The van der Waals surface area contributed by atoms with Crippen molar-refractivity contribution in [3.8, 4) is 0 Å². The van der Waals surface area contributed by atoms with E-state index < -0.39 is 8.32 Å². The lowest BCUT2D eigenvalue weighted by Crippen LogP contribution is -2.67. The molecule has 5 heteroatoms. The van der Waals surface area contributed by atoms with E-state index in [4.69, 9.17) is 10.2 Å². The first-order valence-corrected chi connectivity index (χ1v) is 8.71. The number of β-lactam (4-membered cyclic amide) rings is 1. The van der Waals surface area contributed by atoms with Gasteiger partial charge in [-0.3, -0.25) is 4.79 Å². The Morgan fingerprint density at radius 3 is 2.25 bits per heavy atom. The van der Waals surface area contributed by atoms with Crippen molar-refractivity contribution in [2.24, 2.45) is 11.7 Å². The Labute approximate surface area is 99.1 Å². The fraction of sp³-hybridized carbons (Fsp3) is 0.909. The van der Waals surface area contributed by atoms with Gasteiger partial charge in [-0.25, -0.2) is 0 Å². The molecule has 1 fully saturated rings. The summed E-state index contributed by atoms with van der Waals surface area (Å²) in [6.45, 7) is 12.9. The Morgan fingerprint density at radius 2 is 1.94 bits per heavy atom. The number of nitrogens with two attached hydrogens (primary N) is 1. The summed E-state index contributed by atoms with van der Waals surface area (Å²) in [7, 11) is -1.81. The fourth-order valence-corrected chi connectivity index (χ4v) is 3.07. The maximum atomic E-state index is 11.4. The number of carbonyl (C=O) groups is 1. The molecule has 1 saturated heterocycles. The maximum Gasteiger partial charge on any atom is 0.230 e. The van der Waals surface area contributed by atoms with Gasteiger partial charge in [0.25, 0.3) is 0 Å². The van der Waals surface area contributed by atoms with Gasteiger partial charge < -0.3 is 15.5 Å². The standard InChI is InChI=1S/C11H24N2O2Si/c1-7(8-9(12)13-10(8)14)15-16(5,6)11(2,3)4/h7-9H,12H2,1-6H3,(H,13,14)/t7-,8-,9+/m1/s1. The molecule has 4 nitrogen and oxygen atoms in total. The van der Waals surface area contributed by atoms with Gasteiger partial charge in [0.05, 0.1) is 18.2 Å². The van der Waals surface area contributed by atoms with Crippen LogP contribution in [-0.4, -0.2) is 26.5 Å².